The third kappa shape index (κ3) is 2.59. The first-order chi connectivity index (χ1) is 12.3. The molecule has 1 heteroatoms. The van der Waals surface area contributed by atoms with Crippen molar-refractivity contribution in [1.82, 2.24) is 0 Å². The van der Waals surface area contributed by atoms with Crippen LogP contribution in [-0.4, -0.2) is 5.78 Å². The zero-order valence-corrected chi connectivity index (χ0v) is 17.7. The van der Waals surface area contributed by atoms with E-state index in [4.69, 9.17) is 0 Å². The van der Waals surface area contributed by atoms with E-state index >= 15 is 0 Å². The van der Waals surface area contributed by atoms with Gasteiger partial charge in [-0.3, -0.25) is 4.79 Å². The van der Waals surface area contributed by atoms with Gasteiger partial charge in [-0.15, -0.1) is 0 Å². The summed E-state index contributed by atoms with van der Waals surface area (Å²) in [5.74, 6) is 5.03. The molecular formula is C25H40O. The summed E-state index contributed by atoms with van der Waals surface area (Å²) in [5, 5.41) is 0. The van der Waals surface area contributed by atoms with Crippen molar-refractivity contribution in [2.75, 3.05) is 0 Å². The molecule has 0 radical (unpaired) electrons. The maximum Gasteiger partial charge on any atom is 0.136 e. The first kappa shape index (κ1) is 18.8. The van der Waals surface area contributed by atoms with Gasteiger partial charge in [0.05, 0.1) is 0 Å². The van der Waals surface area contributed by atoms with E-state index in [1.807, 2.05) is 0 Å². The number of Topliss-reactive ketones (excluding diaryl/α,β-unsaturated/α-hetero) is 1. The normalized spacial score (nSPS) is 51.2. The summed E-state index contributed by atoms with van der Waals surface area (Å²) in [4.78, 5) is 12.7. The van der Waals surface area contributed by atoms with Gasteiger partial charge in [0.2, 0.25) is 0 Å². The average molecular weight is 357 g/mol. The summed E-state index contributed by atoms with van der Waals surface area (Å²) in [7, 11) is 0. The lowest BCUT2D eigenvalue weighted by Crippen LogP contribution is -2.51. The third-order valence-electron chi connectivity index (χ3n) is 10.1. The molecule has 0 aromatic carbocycles. The van der Waals surface area contributed by atoms with Crippen LogP contribution in [0, 0.1) is 46.3 Å². The number of ketones is 1. The van der Waals surface area contributed by atoms with Crippen LogP contribution in [0.3, 0.4) is 0 Å². The van der Waals surface area contributed by atoms with Crippen LogP contribution in [0.15, 0.2) is 12.2 Å². The van der Waals surface area contributed by atoms with E-state index in [9.17, 15) is 4.79 Å². The van der Waals surface area contributed by atoms with Crippen LogP contribution >= 0.6 is 0 Å². The third-order valence-corrected chi connectivity index (χ3v) is 10.1. The van der Waals surface area contributed by atoms with Gasteiger partial charge >= 0.3 is 0 Å². The minimum atomic E-state index is 0.351. The van der Waals surface area contributed by atoms with Crippen molar-refractivity contribution in [2.45, 2.75) is 91.9 Å². The predicted molar refractivity (Wildman–Crippen MR) is 109 cm³/mol. The molecule has 1 nitrogen and oxygen atoms in total. The van der Waals surface area contributed by atoms with E-state index in [0.29, 0.717) is 28.4 Å². The predicted octanol–water partition coefficient (Wildman–Crippen LogP) is 6.82. The van der Waals surface area contributed by atoms with Gasteiger partial charge in [-0.25, -0.2) is 0 Å². The fourth-order valence-electron chi connectivity index (χ4n) is 8.56. The summed E-state index contributed by atoms with van der Waals surface area (Å²) in [6, 6.07) is 0. The first-order valence-corrected chi connectivity index (χ1v) is 11.5. The van der Waals surface area contributed by atoms with E-state index in [1.54, 1.807) is 0 Å². The van der Waals surface area contributed by atoms with Crippen molar-refractivity contribution < 1.29 is 4.79 Å². The highest BCUT2D eigenvalue weighted by Crippen LogP contribution is 2.67. The number of rotatable bonds is 2. The van der Waals surface area contributed by atoms with Gasteiger partial charge < -0.3 is 0 Å². The van der Waals surface area contributed by atoms with Crippen molar-refractivity contribution in [1.29, 1.82) is 0 Å². The van der Waals surface area contributed by atoms with Crippen LogP contribution in [0.2, 0.25) is 0 Å². The topological polar surface area (TPSA) is 17.1 Å². The smallest absolute Gasteiger partial charge is 0.136 e. The van der Waals surface area contributed by atoms with Gasteiger partial charge in [0, 0.05) is 12.3 Å². The summed E-state index contributed by atoms with van der Waals surface area (Å²) in [5.41, 5.74) is 2.35. The van der Waals surface area contributed by atoms with Crippen LogP contribution in [-0.2, 0) is 4.79 Å². The van der Waals surface area contributed by atoms with Crippen molar-refractivity contribution >= 4 is 5.78 Å². The van der Waals surface area contributed by atoms with Gasteiger partial charge in [0.15, 0.2) is 0 Å². The lowest BCUT2D eigenvalue weighted by Gasteiger charge is -2.59. The van der Waals surface area contributed by atoms with Crippen LogP contribution in [0.4, 0.5) is 0 Å². The molecule has 4 aliphatic rings. The Kier molecular flexibility index (Phi) is 4.68. The number of allylic oxidation sites excluding steroid dienone is 1. The number of carbonyl (C=O) groups excluding carboxylic acids is 1. The molecule has 0 aromatic rings. The van der Waals surface area contributed by atoms with E-state index in [-0.39, 0.29) is 0 Å². The molecular weight excluding hydrogens is 316 g/mol. The van der Waals surface area contributed by atoms with Gasteiger partial charge in [0.1, 0.15) is 5.78 Å². The molecule has 4 rings (SSSR count). The van der Waals surface area contributed by atoms with Crippen LogP contribution in [0.1, 0.15) is 91.9 Å². The van der Waals surface area contributed by atoms with E-state index in [1.165, 1.54) is 50.5 Å². The molecule has 0 heterocycles. The number of fused-ring (bicyclic) bond motifs is 5. The molecule has 26 heavy (non-hydrogen) atoms. The monoisotopic (exact) mass is 356 g/mol. The number of hydrogen-bond acceptors (Lipinski definition) is 1. The average Bonchev–Trinajstić information content (AvgIpc) is 2.89. The number of carbonyl (C=O) groups is 1. The zero-order valence-electron chi connectivity index (χ0n) is 17.7. The van der Waals surface area contributed by atoms with E-state index < -0.39 is 0 Å². The minimum Gasteiger partial charge on any atom is -0.299 e. The van der Waals surface area contributed by atoms with E-state index in [0.717, 1.165) is 42.9 Å². The van der Waals surface area contributed by atoms with Gasteiger partial charge in [-0.2, -0.15) is 0 Å². The molecule has 0 spiro atoms. The Bertz CT molecular complexity index is 591. The Morgan fingerprint density at radius 3 is 2.38 bits per heavy atom. The number of hydrogen-bond donors (Lipinski definition) is 0. The van der Waals surface area contributed by atoms with Crippen LogP contribution in [0.5, 0.6) is 0 Å². The van der Waals surface area contributed by atoms with Crippen molar-refractivity contribution in [3.8, 4) is 0 Å². The Morgan fingerprint density at radius 2 is 1.69 bits per heavy atom. The van der Waals surface area contributed by atoms with Crippen LogP contribution < -0.4 is 0 Å². The second-order valence-corrected chi connectivity index (χ2v) is 11.0. The van der Waals surface area contributed by atoms with Crippen LogP contribution in [0.25, 0.3) is 0 Å². The molecule has 4 saturated carbocycles. The Hall–Kier alpha value is -0.590. The largest absolute Gasteiger partial charge is 0.299 e. The molecule has 0 aliphatic heterocycles. The highest BCUT2D eigenvalue weighted by molar-refractivity contribution is 5.81. The first-order valence-electron chi connectivity index (χ1n) is 11.5. The van der Waals surface area contributed by atoms with Gasteiger partial charge in [-0.05, 0) is 105 Å². The summed E-state index contributed by atoms with van der Waals surface area (Å²) in [6.45, 7) is 14.0. The van der Waals surface area contributed by atoms with Crippen molar-refractivity contribution in [2.24, 2.45) is 46.3 Å². The Labute approximate surface area is 161 Å². The molecule has 0 N–H and O–H groups in total. The minimum absolute atomic E-state index is 0.351. The maximum atomic E-state index is 12.7. The van der Waals surface area contributed by atoms with Crippen molar-refractivity contribution in [3.05, 3.63) is 12.2 Å². The summed E-state index contributed by atoms with van der Waals surface area (Å²) < 4.78 is 0. The summed E-state index contributed by atoms with van der Waals surface area (Å²) in [6.07, 6.45) is 12.7. The second-order valence-electron chi connectivity index (χ2n) is 11.0. The second kappa shape index (κ2) is 6.49. The Balaban J connectivity index is 1.61. The molecule has 0 amide bonds. The molecule has 1 unspecified atom stereocenters. The highest BCUT2D eigenvalue weighted by Gasteiger charge is 2.59. The molecule has 0 bridgehead atoms. The molecule has 0 saturated heterocycles. The lowest BCUT2D eigenvalue weighted by molar-refractivity contribution is -0.126. The fourth-order valence-corrected chi connectivity index (χ4v) is 8.56. The Morgan fingerprint density at radius 1 is 1.00 bits per heavy atom. The molecule has 4 fully saturated rings. The van der Waals surface area contributed by atoms with Gasteiger partial charge in [-0.1, -0.05) is 32.9 Å². The van der Waals surface area contributed by atoms with E-state index in [2.05, 4.69) is 34.3 Å². The van der Waals surface area contributed by atoms with Crippen molar-refractivity contribution in [3.63, 3.8) is 0 Å². The van der Waals surface area contributed by atoms with Gasteiger partial charge in [0.25, 0.3) is 0 Å². The zero-order chi connectivity index (χ0) is 18.7. The maximum absolute atomic E-state index is 12.7. The lowest BCUT2D eigenvalue weighted by atomic mass is 9.46. The molecule has 4 aliphatic carbocycles. The quantitative estimate of drug-likeness (QED) is 0.496. The standard InChI is InChI=1S/C25H40O/c1-6-17-11-13-24(4)18(15-23(17)26)7-8-19-21-10-9-20(16(2)3)25(21,5)14-12-22(19)24/h17-22H,2,6-15H2,1,3-5H3/t17?,18-,19-,20+,21-,22-,24-,25+/m0/s1. The summed E-state index contributed by atoms with van der Waals surface area (Å²) >= 11 is 0. The highest BCUT2D eigenvalue weighted by atomic mass is 16.1. The fraction of sp³-hybridized carbons (Fsp3) is 0.880. The molecule has 146 valence electrons. The molecule has 8 atom stereocenters. The molecule has 0 aromatic heterocycles. The SMILES string of the molecule is C=C(C)[C@H]1CC[C@H]2[C@@H]3CC[C@H]4CC(=O)C(CC)CC[C@]4(C)[C@H]3CC[C@]12C.